The van der Waals surface area contributed by atoms with Gasteiger partial charge in [-0.25, -0.2) is 29.9 Å². The van der Waals surface area contributed by atoms with Crippen LogP contribution in [-0.2, 0) is 0 Å². The van der Waals surface area contributed by atoms with Crippen LogP contribution in [0.25, 0.3) is 66.5 Å². The van der Waals surface area contributed by atoms with Gasteiger partial charge in [-0.15, -0.1) is 0 Å². The van der Waals surface area contributed by atoms with Gasteiger partial charge in [0.15, 0.2) is 0 Å². The maximum atomic E-state index is 6.46. The molecule has 12 aromatic rings. The Bertz CT molecular complexity index is 4210. The van der Waals surface area contributed by atoms with Gasteiger partial charge in [0.1, 0.15) is 17.2 Å². The lowest BCUT2D eigenvalue weighted by atomic mass is 10.1. The molecule has 0 amide bonds. The predicted octanol–water partition coefficient (Wildman–Crippen LogP) is 14.9. The van der Waals surface area contributed by atoms with E-state index in [1.54, 1.807) is 39.9 Å². The minimum absolute atomic E-state index is 0.294. The molecule has 0 unspecified atom stereocenters. The number of hydrogen-bond donors (Lipinski definition) is 9. The van der Waals surface area contributed by atoms with E-state index >= 15 is 0 Å². The van der Waals surface area contributed by atoms with Crippen molar-refractivity contribution in [3.8, 4) is 51.0 Å². The number of para-hydroxylation sites is 3. The minimum Gasteiger partial charge on any atom is -0.494 e. The number of nitrogens with zero attached hydrogens (tertiary/aromatic N) is 9. The van der Waals surface area contributed by atoms with Crippen LogP contribution in [0.5, 0.6) is 17.2 Å². The van der Waals surface area contributed by atoms with Crippen LogP contribution in [-0.4, -0.2) is 124 Å². The Morgan fingerprint density at radius 1 is 0.396 bits per heavy atom. The van der Waals surface area contributed by atoms with Crippen molar-refractivity contribution < 1.29 is 14.2 Å². The number of nitrogens with two attached hydrogens (primary N) is 3. The monoisotopic (exact) mass is 1340 g/mol. The molecule has 3 saturated heterocycles. The first-order chi connectivity index (χ1) is 46.9. The van der Waals surface area contributed by atoms with Crippen molar-refractivity contribution in [2.24, 2.45) is 17.2 Å². The van der Waals surface area contributed by atoms with E-state index in [0.29, 0.717) is 68.1 Å². The van der Waals surface area contributed by atoms with E-state index < -0.39 is 0 Å². The van der Waals surface area contributed by atoms with Crippen LogP contribution in [0.15, 0.2) is 165 Å². The van der Waals surface area contributed by atoms with Gasteiger partial charge in [-0.3, -0.25) is 0 Å². The lowest BCUT2D eigenvalue weighted by molar-refractivity contribution is 0.416. The van der Waals surface area contributed by atoms with Crippen molar-refractivity contribution >= 4 is 119 Å². The molecule has 0 aliphatic carbocycles. The number of ether oxygens (including phenoxy) is 3. The van der Waals surface area contributed by atoms with E-state index in [1.165, 1.54) is 0 Å². The summed E-state index contributed by atoms with van der Waals surface area (Å²) in [5.74, 6) is 3.53. The average Bonchev–Trinajstić information content (AvgIpc) is 1.60. The van der Waals surface area contributed by atoms with Crippen molar-refractivity contribution in [3.63, 3.8) is 0 Å². The molecule has 12 N–H and O–H groups in total. The zero-order valence-electron chi connectivity index (χ0n) is 53.4. The zero-order chi connectivity index (χ0) is 66.2. The van der Waals surface area contributed by atoms with Gasteiger partial charge in [-0.2, -0.15) is 0 Å². The number of halogens is 3. The molecule has 9 heterocycles. The molecule has 6 aromatic carbocycles. The highest BCUT2D eigenvalue weighted by molar-refractivity contribution is 6.34. The molecule has 3 aliphatic heterocycles. The molecule has 3 fully saturated rings. The first-order valence-corrected chi connectivity index (χ1v) is 33.1. The van der Waals surface area contributed by atoms with Crippen LogP contribution >= 0.6 is 34.8 Å². The highest BCUT2D eigenvalue weighted by atomic mass is 35.5. The van der Waals surface area contributed by atoms with E-state index in [9.17, 15) is 0 Å². The summed E-state index contributed by atoms with van der Waals surface area (Å²) in [5, 5.41) is 14.5. The molecule has 3 aliphatic rings. The number of hydrogen-bond acceptors (Lipinski definition) is 18. The molecular formula is C72H75Cl3N18O3. The maximum absolute atomic E-state index is 6.46. The van der Waals surface area contributed by atoms with Crippen LogP contribution in [0.1, 0.15) is 38.5 Å². The van der Waals surface area contributed by atoms with Gasteiger partial charge in [-0.05, 0) is 93.1 Å². The molecule has 0 spiro atoms. The number of anilines is 9. The Morgan fingerprint density at radius 2 is 0.667 bits per heavy atom. The van der Waals surface area contributed by atoms with Crippen molar-refractivity contribution in [2.45, 2.75) is 56.7 Å². The molecular weight excluding hydrogens is 1270 g/mol. The molecule has 0 radical (unpaired) electrons. The predicted molar refractivity (Wildman–Crippen MR) is 390 cm³/mol. The number of piperidine rings is 3. The standard InChI is InChI=1S/3C24H25ClN6O/c3*1-32-22-12-16(31-10-8-15(26)9-11-31)6-7-21(22)29-24-28-14-19(25)23(30-24)18-13-27-20-5-3-2-4-17(18)20/h3*2-7,12-15,27H,8-11,26H2,1H3,(H,28,29,30). The van der Waals surface area contributed by atoms with E-state index in [1.807, 2.05) is 128 Å². The van der Waals surface area contributed by atoms with Crippen LogP contribution in [0.2, 0.25) is 15.1 Å². The fourth-order valence-electron chi connectivity index (χ4n) is 12.4. The Kier molecular flexibility index (Phi) is 19.9. The first-order valence-electron chi connectivity index (χ1n) is 32.0. The summed E-state index contributed by atoms with van der Waals surface area (Å²) in [5.41, 5.74) is 31.8. The summed E-state index contributed by atoms with van der Waals surface area (Å²) in [6.45, 7) is 5.70. The third-order valence-corrected chi connectivity index (χ3v) is 18.6. The normalized spacial score (nSPS) is 14.7. The lowest BCUT2D eigenvalue weighted by Gasteiger charge is -2.32. The molecule has 0 bridgehead atoms. The van der Waals surface area contributed by atoms with Crippen molar-refractivity contribution in [1.29, 1.82) is 0 Å². The van der Waals surface area contributed by atoms with Gasteiger partial charge < -0.3 is 77.0 Å². The second kappa shape index (κ2) is 29.4. The Hall–Kier alpha value is -9.87. The van der Waals surface area contributed by atoms with Crippen molar-refractivity contribution in [3.05, 3.63) is 180 Å². The third-order valence-electron chi connectivity index (χ3n) is 17.8. The van der Waals surface area contributed by atoms with Crippen molar-refractivity contribution in [1.82, 2.24) is 44.9 Å². The largest absolute Gasteiger partial charge is 0.494 e. The second-order valence-corrected chi connectivity index (χ2v) is 25.1. The zero-order valence-corrected chi connectivity index (χ0v) is 55.7. The molecule has 24 heteroatoms. The van der Waals surface area contributed by atoms with Gasteiger partial charge in [0.25, 0.3) is 0 Å². The van der Waals surface area contributed by atoms with E-state index in [0.717, 1.165) is 179 Å². The maximum Gasteiger partial charge on any atom is 0.227 e. The summed E-state index contributed by atoms with van der Waals surface area (Å²) in [7, 11) is 4.99. The quantitative estimate of drug-likeness (QED) is 0.0461. The summed E-state index contributed by atoms with van der Waals surface area (Å²) < 4.78 is 17.0. The lowest BCUT2D eigenvalue weighted by Crippen LogP contribution is -2.39. The highest BCUT2D eigenvalue weighted by Gasteiger charge is 2.23. The van der Waals surface area contributed by atoms with Crippen LogP contribution in [0, 0.1) is 0 Å². The number of aromatic amines is 3. The van der Waals surface area contributed by atoms with E-state index in [-0.39, 0.29) is 0 Å². The highest BCUT2D eigenvalue weighted by Crippen LogP contribution is 2.40. The minimum atomic E-state index is 0.294. The molecule has 6 aromatic heterocycles. The van der Waals surface area contributed by atoms with Crippen LogP contribution in [0.4, 0.5) is 52.0 Å². The molecule has 0 saturated carbocycles. The van der Waals surface area contributed by atoms with Gasteiger partial charge >= 0.3 is 0 Å². The third kappa shape index (κ3) is 14.5. The van der Waals surface area contributed by atoms with Gasteiger partial charge in [0, 0.05) is 161 Å². The van der Waals surface area contributed by atoms with E-state index in [2.05, 4.69) is 78.8 Å². The molecule has 21 nitrogen and oxygen atoms in total. The second-order valence-electron chi connectivity index (χ2n) is 23.9. The fraction of sp³-hybridized carbons (Fsp3) is 0.250. The number of benzene rings is 6. The summed E-state index contributed by atoms with van der Waals surface area (Å²) in [6, 6.07) is 43.4. The summed E-state index contributed by atoms with van der Waals surface area (Å²) >= 11 is 19.4. The van der Waals surface area contributed by atoms with Crippen LogP contribution < -0.4 is 62.1 Å². The molecule has 15 rings (SSSR count). The molecule has 492 valence electrons. The summed E-state index contributed by atoms with van der Waals surface area (Å²) in [4.78, 5) is 44.1. The van der Waals surface area contributed by atoms with Gasteiger partial charge in [0.2, 0.25) is 17.8 Å². The van der Waals surface area contributed by atoms with Gasteiger partial charge in [0.05, 0.1) is 89.1 Å². The van der Waals surface area contributed by atoms with Crippen molar-refractivity contribution in [2.75, 3.05) is 91.2 Å². The number of nitrogens with one attached hydrogen (secondary N) is 6. The van der Waals surface area contributed by atoms with Gasteiger partial charge in [-0.1, -0.05) is 89.4 Å². The Morgan fingerprint density at radius 3 is 0.938 bits per heavy atom. The molecule has 96 heavy (non-hydrogen) atoms. The van der Waals surface area contributed by atoms with E-state index in [4.69, 9.17) is 81.2 Å². The number of aromatic nitrogens is 9. The Labute approximate surface area is 571 Å². The first kappa shape index (κ1) is 64.8. The number of methoxy groups -OCH3 is 3. The number of H-pyrrole nitrogens is 3. The average molecular weight is 1350 g/mol. The number of rotatable bonds is 15. The summed E-state index contributed by atoms with van der Waals surface area (Å²) in [6.07, 6.45) is 16.6. The van der Waals surface area contributed by atoms with Crippen LogP contribution in [0.3, 0.4) is 0 Å². The smallest absolute Gasteiger partial charge is 0.227 e. The number of fused-ring (bicyclic) bond motifs is 3. The fourth-order valence-corrected chi connectivity index (χ4v) is 13.0. The topological polar surface area (TPSA) is 276 Å². The SMILES string of the molecule is COc1cc(N2CCC(N)CC2)ccc1Nc1ncc(Cl)c(-c2c[nH]c3ccccc23)n1.COc1cc(N2CCC(N)CC2)ccc1Nc1ncc(Cl)c(-c2c[nH]c3ccccc23)n1.COc1cc(N2CCC(N)CC2)ccc1Nc1ncc(Cl)c(-c2c[nH]c3ccccc23)n1. The Balaban J connectivity index is 0.000000130. The molecule has 0 atom stereocenters.